The fourth-order valence-electron chi connectivity index (χ4n) is 4.37. The number of thiocarbonyl (C=S) groups is 1. The number of carbonyl (C=O) groups excluding carboxylic acids is 1. The molecule has 1 heterocycles. The van der Waals surface area contributed by atoms with E-state index in [4.69, 9.17) is 12.2 Å². The SMILES string of the molecule is O=C(CN1CCCN(C(=S)NCC(c2ccccc2)c2ccccc2)CC1)Nc1ccc(F)cc1. The summed E-state index contributed by atoms with van der Waals surface area (Å²) >= 11 is 5.76. The monoisotopic (exact) mass is 490 g/mol. The van der Waals surface area contributed by atoms with Crippen molar-refractivity contribution in [2.75, 3.05) is 44.6 Å². The van der Waals surface area contributed by atoms with Crippen LogP contribution in [0.2, 0.25) is 0 Å². The highest BCUT2D eigenvalue weighted by atomic mass is 32.1. The zero-order valence-corrected chi connectivity index (χ0v) is 20.5. The van der Waals surface area contributed by atoms with E-state index in [1.165, 1.54) is 23.3 Å². The number of halogens is 1. The van der Waals surface area contributed by atoms with Gasteiger partial charge >= 0.3 is 0 Å². The van der Waals surface area contributed by atoms with Crippen LogP contribution in [-0.2, 0) is 4.79 Å². The number of amides is 1. The zero-order chi connectivity index (χ0) is 24.5. The first-order valence-electron chi connectivity index (χ1n) is 12.0. The van der Waals surface area contributed by atoms with Crippen LogP contribution in [0, 0.1) is 5.82 Å². The summed E-state index contributed by atoms with van der Waals surface area (Å²) in [6.07, 6.45) is 0.923. The fraction of sp³-hybridized carbons (Fsp3) is 0.286. The van der Waals surface area contributed by atoms with E-state index in [-0.39, 0.29) is 17.6 Å². The quantitative estimate of drug-likeness (QED) is 0.479. The van der Waals surface area contributed by atoms with Gasteiger partial charge in [0.25, 0.3) is 0 Å². The molecule has 3 aromatic carbocycles. The molecule has 1 aliphatic rings. The van der Waals surface area contributed by atoms with Gasteiger partial charge in [0.2, 0.25) is 5.91 Å². The Bertz CT molecular complexity index is 1060. The number of nitrogens with one attached hydrogen (secondary N) is 2. The summed E-state index contributed by atoms with van der Waals surface area (Å²) in [4.78, 5) is 16.8. The van der Waals surface area contributed by atoms with Crippen molar-refractivity contribution in [3.05, 3.63) is 102 Å². The summed E-state index contributed by atoms with van der Waals surface area (Å²) in [7, 11) is 0. The van der Waals surface area contributed by atoms with Crippen molar-refractivity contribution in [1.82, 2.24) is 15.1 Å². The van der Waals surface area contributed by atoms with E-state index in [9.17, 15) is 9.18 Å². The van der Waals surface area contributed by atoms with E-state index in [2.05, 4.69) is 69.0 Å². The minimum absolute atomic E-state index is 0.0978. The van der Waals surface area contributed by atoms with Crippen LogP contribution in [0.15, 0.2) is 84.9 Å². The van der Waals surface area contributed by atoms with Crippen LogP contribution >= 0.6 is 12.2 Å². The van der Waals surface area contributed by atoms with Gasteiger partial charge in [-0.05, 0) is 54.0 Å². The van der Waals surface area contributed by atoms with Crippen molar-refractivity contribution in [2.24, 2.45) is 0 Å². The average molecular weight is 491 g/mol. The molecular weight excluding hydrogens is 459 g/mol. The first kappa shape index (κ1) is 24.8. The molecule has 4 rings (SSSR count). The van der Waals surface area contributed by atoms with Crippen molar-refractivity contribution in [3.8, 4) is 0 Å². The van der Waals surface area contributed by atoms with Gasteiger partial charge in [-0.25, -0.2) is 4.39 Å². The highest BCUT2D eigenvalue weighted by Crippen LogP contribution is 2.23. The first-order valence-corrected chi connectivity index (χ1v) is 12.4. The van der Waals surface area contributed by atoms with Crippen LogP contribution in [0.3, 0.4) is 0 Å². The van der Waals surface area contributed by atoms with Crippen molar-refractivity contribution in [1.29, 1.82) is 0 Å². The van der Waals surface area contributed by atoms with Crippen LogP contribution in [0.25, 0.3) is 0 Å². The molecule has 0 atom stereocenters. The predicted molar refractivity (Wildman–Crippen MR) is 143 cm³/mol. The Kier molecular flexibility index (Phi) is 8.81. The minimum Gasteiger partial charge on any atom is -0.362 e. The molecule has 35 heavy (non-hydrogen) atoms. The third-order valence-corrected chi connectivity index (χ3v) is 6.63. The van der Waals surface area contributed by atoms with Crippen LogP contribution in [0.4, 0.5) is 10.1 Å². The van der Waals surface area contributed by atoms with Crippen molar-refractivity contribution >= 4 is 28.9 Å². The van der Waals surface area contributed by atoms with Gasteiger partial charge in [0, 0.05) is 44.3 Å². The van der Waals surface area contributed by atoms with Crippen molar-refractivity contribution in [3.63, 3.8) is 0 Å². The Labute approximate surface area is 211 Å². The van der Waals surface area contributed by atoms with Gasteiger partial charge in [0.1, 0.15) is 5.82 Å². The number of benzene rings is 3. The molecule has 0 aliphatic carbocycles. The molecule has 1 fully saturated rings. The smallest absolute Gasteiger partial charge is 0.238 e. The second kappa shape index (κ2) is 12.4. The Hall–Kier alpha value is -3.29. The molecule has 1 saturated heterocycles. The Morgan fingerprint density at radius 2 is 1.49 bits per heavy atom. The number of carbonyl (C=O) groups is 1. The maximum absolute atomic E-state index is 13.1. The molecule has 7 heteroatoms. The molecule has 0 unspecified atom stereocenters. The highest BCUT2D eigenvalue weighted by Gasteiger charge is 2.20. The maximum atomic E-state index is 13.1. The molecule has 2 N–H and O–H groups in total. The van der Waals surface area contributed by atoms with E-state index in [0.717, 1.165) is 37.7 Å². The molecule has 1 aliphatic heterocycles. The Balaban J connectivity index is 1.29. The number of anilines is 1. The standard InChI is InChI=1S/C28H31FN4OS/c29-24-12-14-25(15-13-24)31-27(34)21-32-16-7-17-33(19-18-32)28(35)30-20-26(22-8-3-1-4-9-22)23-10-5-2-6-11-23/h1-6,8-15,26H,7,16-21H2,(H,30,35)(H,31,34). The summed E-state index contributed by atoms with van der Waals surface area (Å²) in [5.41, 5.74) is 3.11. The van der Waals surface area contributed by atoms with Gasteiger partial charge in [-0.2, -0.15) is 0 Å². The summed E-state index contributed by atoms with van der Waals surface area (Å²) < 4.78 is 13.1. The van der Waals surface area contributed by atoms with E-state index in [0.29, 0.717) is 18.8 Å². The molecule has 0 radical (unpaired) electrons. The second-order valence-corrected chi connectivity index (χ2v) is 9.12. The minimum atomic E-state index is -0.320. The van der Waals surface area contributed by atoms with Gasteiger partial charge in [0.05, 0.1) is 6.54 Å². The number of hydrogen-bond acceptors (Lipinski definition) is 3. The summed E-state index contributed by atoms with van der Waals surface area (Å²) in [6, 6.07) is 26.8. The average Bonchev–Trinajstić information content (AvgIpc) is 3.12. The largest absolute Gasteiger partial charge is 0.362 e. The zero-order valence-electron chi connectivity index (χ0n) is 19.7. The second-order valence-electron chi connectivity index (χ2n) is 8.73. The number of nitrogens with zero attached hydrogens (tertiary/aromatic N) is 2. The Morgan fingerprint density at radius 3 is 2.11 bits per heavy atom. The molecule has 1 amide bonds. The molecule has 182 valence electrons. The third kappa shape index (κ3) is 7.34. The van der Waals surface area contributed by atoms with E-state index in [1.807, 2.05) is 12.1 Å². The van der Waals surface area contributed by atoms with E-state index >= 15 is 0 Å². The lowest BCUT2D eigenvalue weighted by Crippen LogP contribution is -2.43. The molecular formula is C28H31FN4OS. The molecule has 0 spiro atoms. The number of hydrogen-bond donors (Lipinski definition) is 2. The normalized spacial score (nSPS) is 14.4. The van der Waals surface area contributed by atoms with Crippen molar-refractivity contribution in [2.45, 2.75) is 12.3 Å². The van der Waals surface area contributed by atoms with Crippen LogP contribution in [0.5, 0.6) is 0 Å². The third-order valence-electron chi connectivity index (χ3n) is 6.23. The molecule has 0 bridgehead atoms. The van der Waals surface area contributed by atoms with Crippen molar-refractivity contribution < 1.29 is 9.18 Å². The fourth-order valence-corrected chi connectivity index (χ4v) is 4.63. The van der Waals surface area contributed by atoms with Gasteiger partial charge < -0.3 is 15.5 Å². The molecule has 5 nitrogen and oxygen atoms in total. The van der Waals surface area contributed by atoms with E-state index < -0.39 is 0 Å². The van der Waals surface area contributed by atoms with Gasteiger partial charge in [-0.1, -0.05) is 60.7 Å². The van der Waals surface area contributed by atoms with Gasteiger partial charge in [-0.15, -0.1) is 0 Å². The van der Waals surface area contributed by atoms with E-state index in [1.54, 1.807) is 12.1 Å². The Morgan fingerprint density at radius 1 is 0.857 bits per heavy atom. The summed E-state index contributed by atoms with van der Waals surface area (Å²) in [5.74, 6) is -0.215. The lowest BCUT2D eigenvalue weighted by Gasteiger charge is -2.27. The van der Waals surface area contributed by atoms with Crippen LogP contribution < -0.4 is 10.6 Å². The lowest BCUT2D eigenvalue weighted by molar-refractivity contribution is -0.117. The highest BCUT2D eigenvalue weighted by molar-refractivity contribution is 7.80. The number of rotatable bonds is 7. The first-order chi connectivity index (χ1) is 17.1. The maximum Gasteiger partial charge on any atom is 0.238 e. The van der Waals surface area contributed by atoms with Crippen LogP contribution in [0.1, 0.15) is 23.5 Å². The van der Waals surface area contributed by atoms with Gasteiger partial charge in [-0.3, -0.25) is 9.69 Å². The topological polar surface area (TPSA) is 47.6 Å². The molecule has 0 saturated carbocycles. The van der Waals surface area contributed by atoms with Gasteiger partial charge in [0.15, 0.2) is 5.11 Å². The molecule has 0 aromatic heterocycles. The summed E-state index contributed by atoms with van der Waals surface area (Å²) in [6.45, 7) is 4.20. The summed E-state index contributed by atoms with van der Waals surface area (Å²) in [5, 5.41) is 7.08. The van der Waals surface area contributed by atoms with Crippen LogP contribution in [-0.4, -0.2) is 60.1 Å². The predicted octanol–water partition coefficient (Wildman–Crippen LogP) is 4.48. The molecule has 3 aromatic rings. The lowest BCUT2D eigenvalue weighted by atomic mass is 9.91.